The molecule has 1 aliphatic rings. The zero-order valence-electron chi connectivity index (χ0n) is 12.4. The number of hydrogen-bond acceptors (Lipinski definition) is 4. The minimum Gasteiger partial charge on any atom is -0.379 e. The largest absolute Gasteiger partial charge is 0.379 e. The first-order valence-corrected chi connectivity index (χ1v) is 8.35. The third-order valence-corrected chi connectivity index (χ3v) is 5.66. The lowest BCUT2D eigenvalue weighted by Gasteiger charge is -2.21. The molecule has 118 valence electrons. The van der Waals surface area contributed by atoms with E-state index in [4.69, 9.17) is 4.74 Å². The van der Waals surface area contributed by atoms with Gasteiger partial charge < -0.3 is 15.0 Å². The normalized spacial score (nSPS) is 22.7. The van der Waals surface area contributed by atoms with Crippen molar-refractivity contribution in [3.63, 3.8) is 0 Å². The van der Waals surface area contributed by atoms with Crippen molar-refractivity contribution in [3.05, 3.63) is 23.5 Å². The fourth-order valence-corrected chi connectivity index (χ4v) is 3.45. The molecule has 1 aromatic rings. The zero-order valence-corrected chi connectivity index (χ0v) is 13.2. The average molecular weight is 315 g/mol. The lowest BCUT2D eigenvalue weighted by atomic mass is 10.1. The fraction of sp³-hybridized carbons (Fsp3) is 0.615. The number of ether oxygens (including phenoxy) is 1. The van der Waals surface area contributed by atoms with Crippen LogP contribution in [0.4, 0.5) is 0 Å². The summed E-state index contributed by atoms with van der Waals surface area (Å²) in [5.74, 6) is -0.478. The zero-order chi connectivity index (χ0) is 15.6. The van der Waals surface area contributed by atoms with Crippen molar-refractivity contribution in [1.29, 1.82) is 0 Å². The Morgan fingerprint density at radius 1 is 1.48 bits per heavy atom. The van der Waals surface area contributed by atoms with Crippen LogP contribution in [0.5, 0.6) is 0 Å². The summed E-state index contributed by atoms with van der Waals surface area (Å²) in [4.78, 5) is 15.1. The summed E-state index contributed by atoms with van der Waals surface area (Å²) in [7, 11) is -0.313. The van der Waals surface area contributed by atoms with Crippen LogP contribution in [0.25, 0.3) is 0 Å². The first-order chi connectivity index (χ1) is 9.81. The number of nitrogens with one attached hydrogen (secondary N) is 2. The Morgan fingerprint density at radius 2 is 2.19 bits per heavy atom. The second-order valence-electron chi connectivity index (χ2n) is 5.45. The summed E-state index contributed by atoms with van der Waals surface area (Å²) in [6.07, 6.45) is 1.70. The molecule has 2 atom stereocenters. The number of sulfonamides is 1. The van der Waals surface area contributed by atoms with Gasteiger partial charge in [-0.05, 0) is 13.0 Å². The van der Waals surface area contributed by atoms with Gasteiger partial charge in [-0.1, -0.05) is 0 Å². The first kappa shape index (κ1) is 16.0. The molecule has 0 aliphatic carbocycles. The smallest absolute Gasteiger partial charge is 0.253 e. The van der Waals surface area contributed by atoms with Crippen LogP contribution in [0, 0.1) is 12.8 Å². The number of H-pyrrole nitrogens is 1. The van der Waals surface area contributed by atoms with Gasteiger partial charge in [-0.15, -0.1) is 0 Å². The third-order valence-electron chi connectivity index (χ3n) is 3.69. The molecule has 1 saturated heterocycles. The van der Waals surface area contributed by atoms with Crippen LogP contribution in [0.15, 0.2) is 12.3 Å². The number of rotatable bonds is 5. The van der Waals surface area contributed by atoms with Gasteiger partial charge in [0.05, 0.1) is 30.6 Å². The van der Waals surface area contributed by atoms with E-state index in [1.807, 2.05) is 6.92 Å². The molecule has 8 heteroatoms. The van der Waals surface area contributed by atoms with E-state index in [0.29, 0.717) is 18.8 Å². The quantitative estimate of drug-likeness (QED) is 0.797. The third kappa shape index (κ3) is 3.63. The number of carbonyl (C=O) groups excluding carboxylic acids is 1. The molecule has 7 nitrogen and oxygen atoms in total. The minimum atomic E-state index is -3.32. The highest BCUT2D eigenvalue weighted by atomic mass is 32.2. The molecule has 0 radical (unpaired) electrons. The summed E-state index contributed by atoms with van der Waals surface area (Å²) in [6.45, 7) is 2.49. The Kier molecular flexibility index (Phi) is 4.70. The van der Waals surface area contributed by atoms with Crippen LogP contribution in [0.1, 0.15) is 16.1 Å². The van der Waals surface area contributed by atoms with E-state index >= 15 is 0 Å². The van der Waals surface area contributed by atoms with Gasteiger partial charge in [0, 0.05) is 31.9 Å². The van der Waals surface area contributed by atoms with Crippen molar-refractivity contribution in [2.75, 3.05) is 33.1 Å². The molecule has 21 heavy (non-hydrogen) atoms. The molecule has 0 aromatic carbocycles. The Labute approximate surface area is 124 Å². The predicted octanol–water partition coefficient (Wildman–Crippen LogP) is -0.0407. The summed E-state index contributed by atoms with van der Waals surface area (Å²) in [5, 5.41) is 2.87. The highest BCUT2D eigenvalue weighted by Crippen LogP contribution is 2.18. The van der Waals surface area contributed by atoms with Crippen LogP contribution in [-0.2, 0) is 14.8 Å². The highest BCUT2D eigenvalue weighted by Gasteiger charge is 2.34. The van der Waals surface area contributed by atoms with E-state index in [-0.39, 0.29) is 23.6 Å². The summed E-state index contributed by atoms with van der Waals surface area (Å²) in [5.41, 5.74) is 1.35. The standard InChI is InChI=1S/C13H21N3O4S/c1-9-11(4-5-14-9)13(17)15-12-7-20-6-10(12)8-21(18,19)16(2)3/h4-5,10,12,14H,6-8H2,1-3H3,(H,15,17)/t10-,12+/m0/s1. The van der Waals surface area contributed by atoms with Gasteiger partial charge in [0.2, 0.25) is 10.0 Å². The van der Waals surface area contributed by atoms with Crippen LogP contribution in [0.2, 0.25) is 0 Å². The van der Waals surface area contributed by atoms with E-state index in [0.717, 1.165) is 5.69 Å². The van der Waals surface area contributed by atoms with Crippen molar-refractivity contribution in [2.45, 2.75) is 13.0 Å². The molecular weight excluding hydrogens is 294 g/mol. The van der Waals surface area contributed by atoms with Gasteiger partial charge in [-0.25, -0.2) is 12.7 Å². The van der Waals surface area contributed by atoms with E-state index in [1.54, 1.807) is 12.3 Å². The topological polar surface area (TPSA) is 91.5 Å². The van der Waals surface area contributed by atoms with Crippen molar-refractivity contribution in [2.24, 2.45) is 5.92 Å². The second kappa shape index (κ2) is 6.17. The van der Waals surface area contributed by atoms with Crippen molar-refractivity contribution in [3.8, 4) is 0 Å². The van der Waals surface area contributed by atoms with Gasteiger partial charge in [-0.3, -0.25) is 4.79 Å². The maximum absolute atomic E-state index is 12.2. The van der Waals surface area contributed by atoms with E-state index in [2.05, 4.69) is 10.3 Å². The van der Waals surface area contributed by atoms with Crippen LogP contribution in [0.3, 0.4) is 0 Å². The Morgan fingerprint density at radius 3 is 2.76 bits per heavy atom. The molecule has 2 rings (SSSR count). The van der Waals surface area contributed by atoms with Crippen LogP contribution < -0.4 is 5.32 Å². The molecule has 1 amide bonds. The molecule has 1 aliphatic heterocycles. The van der Waals surface area contributed by atoms with Gasteiger partial charge in [0.25, 0.3) is 5.91 Å². The Balaban J connectivity index is 2.03. The van der Waals surface area contributed by atoms with Gasteiger partial charge in [-0.2, -0.15) is 0 Å². The summed E-state index contributed by atoms with van der Waals surface area (Å²) < 4.78 is 30.4. The number of carbonyl (C=O) groups is 1. The molecular formula is C13H21N3O4S. The SMILES string of the molecule is Cc1[nH]ccc1C(=O)N[C@@H]1COC[C@H]1CS(=O)(=O)N(C)C. The first-order valence-electron chi connectivity index (χ1n) is 6.74. The summed E-state index contributed by atoms with van der Waals surface area (Å²) >= 11 is 0. The number of nitrogens with zero attached hydrogens (tertiary/aromatic N) is 1. The molecule has 2 N–H and O–H groups in total. The fourth-order valence-electron chi connectivity index (χ4n) is 2.29. The lowest BCUT2D eigenvalue weighted by molar-refractivity contribution is 0.0925. The highest BCUT2D eigenvalue weighted by molar-refractivity contribution is 7.89. The predicted molar refractivity (Wildman–Crippen MR) is 78.6 cm³/mol. The second-order valence-corrected chi connectivity index (χ2v) is 7.68. The van der Waals surface area contributed by atoms with Gasteiger partial charge in [0.15, 0.2) is 0 Å². The van der Waals surface area contributed by atoms with E-state index < -0.39 is 10.0 Å². The van der Waals surface area contributed by atoms with Crippen molar-refractivity contribution < 1.29 is 17.9 Å². The molecule has 0 bridgehead atoms. The lowest BCUT2D eigenvalue weighted by Crippen LogP contribution is -2.43. The Bertz CT molecular complexity index is 609. The maximum Gasteiger partial charge on any atom is 0.253 e. The van der Waals surface area contributed by atoms with E-state index in [9.17, 15) is 13.2 Å². The minimum absolute atomic E-state index is 0.0307. The number of aromatic amines is 1. The number of aromatic nitrogens is 1. The van der Waals surface area contributed by atoms with Gasteiger partial charge >= 0.3 is 0 Å². The molecule has 0 saturated carbocycles. The number of hydrogen-bond donors (Lipinski definition) is 2. The molecule has 2 heterocycles. The van der Waals surface area contributed by atoms with Crippen molar-refractivity contribution >= 4 is 15.9 Å². The molecule has 0 spiro atoms. The van der Waals surface area contributed by atoms with Crippen LogP contribution in [-0.4, -0.2) is 62.7 Å². The van der Waals surface area contributed by atoms with Crippen LogP contribution >= 0.6 is 0 Å². The molecule has 0 unspecified atom stereocenters. The maximum atomic E-state index is 12.2. The molecule has 1 fully saturated rings. The van der Waals surface area contributed by atoms with E-state index in [1.165, 1.54) is 18.4 Å². The van der Waals surface area contributed by atoms with Gasteiger partial charge in [0.1, 0.15) is 0 Å². The molecule has 1 aromatic heterocycles. The number of aryl methyl sites for hydroxylation is 1. The van der Waals surface area contributed by atoms with Crippen molar-refractivity contribution in [1.82, 2.24) is 14.6 Å². The summed E-state index contributed by atoms with van der Waals surface area (Å²) in [6, 6.07) is 1.41. The average Bonchev–Trinajstić information content (AvgIpc) is 2.98. The number of amides is 1. The Hall–Kier alpha value is -1.38. The monoisotopic (exact) mass is 315 g/mol.